The first-order valence-electron chi connectivity index (χ1n) is 5.16. The van der Waals surface area contributed by atoms with Gasteiger partial charge in [-0.25, -0.2) is 0 Å². The van der Waals surface area contributed by atoms with Crippen LogP contribution >= 0.6 is 11.6 Å². The fourth-order valence-electron chi connectivity index (χ4n) is 1.77. The second-order valence-corrected chi connectivity index (χ2v) is 4.09. The Bertz CT molecular complexity index is 545. The number of benzene rings is 1. The Morgan fingerprint density at radius 3 is 2.88 bits per heavy atom. The molecule has 0 spiro atoms. The van der Waals surface area contributed by atoms with E-state index < -0.39 is 0 Å². The molecule has 0 aliphatic heterocycles. The van der Waals surface area contributed by atoms with Gasteiger partial charge < -0.3 is 9.88 Å². The summed E-state index contributed by atoms with van der Waals surface area (Å²) in [5.41, 5.74) is 1.62. The topological polar surface area (TPSA) is 34.0 Å². The zero-order valence-corrected chi connectivity index (χ0v) is 10.0. The highest BCUT2D eigenvalue weighted by Crippen LogP contribution is 2.22. The molecule has 3 nitrogen and oxygen atoms in total. The first-order chi connectivity index (χ1) is 7.63. The summed E-state index contributed by atoms with van der Waals surface area (Å²) in [4.78, 5) is 11.8. The number of aryl methyl sites for hydroxylation is 1. The van der Waals surface area contributed by atoms with Gasteiger partial charge in [0.25, 0.3) is 5.91 Å². The van der Waals surface area contributed by atoms with Crippen molar-refractivity contribution in [1.82, 2.24) is 9.88 Å². The molecule has 2 aromatic rings. The van der Waals surface area contributed by atoms with Crippen LogP contribution in [-0.4, -0.2) is 17.0 Å². The third kappa shape index (κ3) is 1.78. The molecule has 16 heavy (non-hydrogen) atoms. The molecule has 0 bridgehead atoms. The molecule has 1 aromatic heterocycles. The van der Waals surface area contributed by atoms with Gasteiger partial charge in [0.15, 0.2) is 0 Å². The minimum atomic E-state index is -0.0580. The average molecular weight is 237 g/mol. The van der Waals surface area contributed by atoms with Crippen LogP contribution < -0.4 is 5.32 Å². The highest BCUT2D eigenvalue weighted by Gasteiger charge is 2.12. The van der Waals surface area contributed by atoms with Crippen molar-refractivity contribution in [3.8, 4) is 0 Å². The quantitative estimate of drug-likeness (QED) is 0.855. The van der Waals surface area contributed by atoms with Crippen molar-refractivity contribution in [3.05, 3.63) is 35.0 Å². The molecule has 0 aliphatic rings. The summed E-state index contributed by atoms with van der Waals surface area (Å²) in [5, 5.41) is 4.48. The average Bonchev–Trinajstić information content (AvgIpc) is 2.57. The Morgan fingerprint density at radius 1 is 1.44 bits per heavy atom. The summed E-state index contributed by atoms with van der Waals surface area (Å²) in [6.07, 6.45) is 0. The maximum Gasteiger partial charge on any atom is 0.267 e. The first kappa shape index (κ1) is 11.0. The predicted octanol–water partition coefficient (Wildman–Crippen LogP) is 2.58. The number of hydrogen-bond acceptors (Lipinski definition) is 1. The van der Waals surface area contributed by atoms with Crippen LogP contribution in [0.4, 0.5) is 0 Å². The number of fused-ring (bicyclic) bond motifs is 1. The van der Waals surface area contributed by atoms with Crippen molar-refractivity contribution in [3.63, 3.8) is 0 Å². The first-order valence-corrected chi connectivity index (χ1v) is 5.54. The van der Waals surface area contributed by atoms with Crippen LogP contribution in [0.15, 0.2) is 24.3 Å². The van der Waals surface area contributed by atoms with E-state index in [9.17, 15) is 4.79 Å². The standard InChI is InChI=1S/C12H13ClN2O/c1-3-14-12(16)11-6-8-4-5-9(13)7-10(8)15(11)2/h4-7H,3H2,1-2H3,(H,14,16). The maximum atomic E-state index is 11.8. The van der Waals surface area contributed by atoms with Gasteiger partial charge in [0, 0.05) is 29.5 Å². The Labute approximate surface area is 99.0 Å². The number of halogens is 1. The fourth-order valence-corrected chi connectivity index (χ4v) is 1.94. The van der Waals surface area contributed by atoms with E-state index in [1.807, 2.05) is 42.8 Å². The van der Waals surface area contributed by atoms with E-state index in [1.54, 1.807) is 0 Å². The number of hydrogen-bond donors (Lipinski definition) is 1. The highest BCUT2D eigenvalue weighted by molar-refractivity contribution is 6.31. The number of rotatable bonds is 2. The summed E-state index contributed by atoms with van der Waals surface area (Å²) < 4.78 is 1.85. The molecule has 0 fully saturated rings. The van der Waals surface area contributed by atoms with Gasteiger partial charge in [0.2, 0.25) is 0 Å². The molecule has 0 radical (unpaired) electrons. The largest absolute Gasteiger partial charge is 0.351 e. The van der Waals surface area contributed by atoms with Crippen molar-refractivity contribution in [2.24, 2.45) is 7.05 Å². The molecule has 0 atom stereocenters. The summed E-state index contributed by atoms with van der Waals surface area (Å²) in [6, 6.07) is 7.47. The van der Waals surface area contributed by atoms with E-state index in [4.69, 9.17) is 11.6 Å². The van der Waals surface area contributed by atoms with E-state index >= 15 is 0 Å². The number of carbonyl (C=O) groups is 1. The van der Waals surface area contributed by atoms with Gasteiger partial charge in [-0.1, -0.05) is 17.7 Å². The Hall–Kier alpha value is -1.48. The molecule has 1 amide bonds. The van der Waals surface area contributed by atoms with Gasteiger partial charge >= 0.3 is 0 Å². The van der Waals surface area contributed by atoms with Gasteiger partial charge in [-0.3, -0.25) is 4.79 Å². The van der Waals surface area contributed by atoms with Crippen LogP contribution in [0.5, 0.6) is 0 Å². The molecule has 2 rings (SSSR count). The van der Waals surface area contributed by atoms with Crippen LogP contribution in [0.3, 0.4) is 0 Å². The normalized spacial score (nSPS) is 10.7. The Kier molecular flexibility index (Phi) is 2.88. The lowest BCUT2D eigenvalue weighted by Crippen LogP contribution is -2.24. The van der Waals surface area contributed by atoms with Crippen LogP contribution in [-0.2, 0) is 7.05 Å². The lowest BCUT2D eigenvalue weighted by Gasteiger charge is -2.03. The zero-order chi connectivity index (χ0) is 11.7. The van der Waals surface area contributed by atoms with Crippen molar-refractivity contribution in [2.45, 2.75) is 6.92 Å². The van der Waals surface area contributed by atoms with E-state index in [0.29, 0.717) is 17.3 Å². The van der Waals surface area contributed by atoms with E-state index in [0.717, 1.165) is 10.9 Å². The summed E-state index contributed by atoms with van der Waals surface area (Å²) in [5.74, 6) is -0.0580. The monoisotopic (exact) mass is 236 g/mol. The van der Waals surface area contributed by atoms with Crippen molar-refractivity contribution >= 4 is 28.4 Å². The van der Waals surface area contributed by atoms with Crippen LogP contribution in [0.25, 0.3) is 10.9 Å². The summed E-state index contributed by atoms with van der Waals surface area (Å²) in [6.45, 7) is 2.53. The van der Waals surface area contributed by atoms with Crippen molar-refractivity contribution in [1.29, 1.82) is 0 Å². The minimum Gasteiger partial charge on any atom is -0.351 e. The number of aromatic nitrogens is 1. The van der Waals surface area contributed by atoms with Gasteiger partial charge in [-0.15, -0.1) is 0 Å². The smallest absolute Gasteiger partial charge is 0.267 e. The number of amides is 1. The van der Waals surface area contributed by atoms with Crippen LogP contribution in [0.1, 0.15) is 17.4 Å². The molecule has 1 heterocycles. The van der Waals surface area contributed by atoms with Gasteiger partial charge in [0.1, 0.15) is 5.69 Å². The highest BCUT2D eigenvalue weighted by atomic mass is 35.5. The second kappa shape index (κ2) is 4.18. The molecule has 4 heteroatoms. The Morgan fingerprint density at radius 2 is 2.19 bits per heavy atom. The molecule has 0 aliphatic carbocycles. The lowest BCUT2D eigenvalue weighted by atomic mass is 10.2. The molecule has 1 aromatic carbocycles. The number of carbonyl (C=O) groups excluding carboxylic acids is 1. The molecule has 0 saturated heterocycles. The molecule has 0 saturated carbocycles. The Balaban J connectivity index is 2.56. The lowest BCUT2D eigenvalue weighted by molar-refractivity contribution is 0.0948. The van der Waals surface area contributed by atoms with Crippen molar-refractivity contribution in [2.75, 3.05) is 6.54 Å². The van der Waals surface area contributed by atoms with Gasteiger partial charge in [0.05, 0.1) is 0 Å². The fraction of sp³-hybridized carbons (Fsp3) is 0.250. The van der Waals surface area contributed by atoms with Gasteiger partial charge in [-0.2, -0.15) is 0 Å². The number of nitrogens with one attached hydrogen (secondary N) is 1. The second-order valence-electron chi connectivity index (χ2n) is 3.65. The molecule has 1 N–H and O–H groups in total. The SMILES string of the molecule is CCNC(=O)c1cc2ccc(Cl)cc2n1C. The van der Waals surface area contributed by atoms with Gasteiger partial charge in [-0.05, 0) is 25.1 Å². The maximum absolute atomic E-state index is 11.8. The van der Waals surface area contributed by atoms with E-state index in [1.165, 1.54) is 0 Å². The van der Waals surface area contributed by atoms with Crippen LogP contribution in [0.2, 0.25) is 5.02 Å². The molecular weight excluding hydrogens is 224 g/mol. The van der Waals surface area contributed by atoms with Crippen LogP contribution in [0, 0.1) is 0 Å². The zero-order valence-electron chi connectivity index (χ0n) is 9.25. The number of nitrogens with zero attached hydrogens (tertiary/aromatic N) is 1. The molecular formula is C12H13ClN2O. The molecule has 0 unspecified atom stereocenters. The predicted molar refractivity (Wildman–Crippen MR) is 65.9 cm³/mol. The van der Waals surface area contributed by atoms with E-state index in [2.05, 4.69) is 5.32 Å². The third-order valence-corrected chi connectivity index (χ3v) is 2.81. The molecule has 84 valence electrons. The van der Waals surface area contributed by atoms with E-state index in [-0.39, 0.29) is 5.91 Å². The third-order valence-electron chi connectivity index (χ3n) is 2.58. The minimum absolute atomic E-state index is 0.0580. The van der Waals surface area contributed by atoms with Crippen molar-refractivity contribution < 1.29 is 4.79 Å². The summed E-state index contributed by atoms with van der Waals surface area (Å²) >= 11 is 5.93. The summed E-state index contributed by atoms with van der Waals surface area (Å²) in [7, 11) is 1.86.